The molecule has 15 heavy (non-hydrogen) atoms. The molecule has 0 amide bonds. The fourth-order valence-electron chi connectivity index (χ4n) is 0.990. The van der Waals surface area contributed by atoms with E-state index in [2.05, 4.69) is 5.10 Å². The Balaban J connectivity index is 0.000000921. The molecular weight excluding hydrogens is 192 g/mol. The minimum absolute atomic E-state index is 0.717. The SMILES string of the molecule is CC.COc1cc(/C=N/N)cc(OC)c1. The first-order valence-electron chi connectivity index (χ1n) is 4.76. The molecule has 0 saturated carbocycles. The summed E-state index contributed by atoms with van der Waals surface area (Å²) in [5.74, 6) is 6.47. The predicted octanol–water partition coefficient (Wildman–Crippen LogP) is 2.02. The van der Waals surface area contributed by atoms with Crippen molar-refractivity contribution in [2.45, 2.75) is 13.8 Å². The third-order valence-electron chi connectivity index (χ3n) is 1.60. The molecule has 0 aliphatic carbocycles. The summed E-state index contributed by atoms with van der Waals surface area (Å²) < 4.78 is 10.1. The van der Waals surface area contributed by atoms with Gasteiger partial charge in [0.05, 0.1) is 20.4 Å². The molecular formula is C11H18N2O2. The molecule has 1 rings (SSSR count). The molecule has 0 fully saturated rings. The quantitative estimate of drug-likeness (QED) is 0.471. The van der Waals surface area contributed by atoms with E-state index in [9.17, 15) is 0 Å². The lowest BCUT2D eigenvalue weighted by molar-refractivity contribution is 0.394. The van der Waals surface area contributed by atoms with Gasteiger partial charge in [0.15, 0.2) is 0 Å². The van der Waals surface area contributed by atoms with Crippen LogP contribution in [-0.2, 0) is 0 Å². The topological polar surface area (TPSA) is 56.8 Å². The van der Waals surface area contributed by atoms with Gasteiger partial charge in [-0.2, -0.15) is 5.10 Å². The van der Waals surface area contributed by atoms with E-state index >= 15 is 0 Å². The Morgan fingerprint density at radius 1 is 1.07 bits per heavy atom. The smallest absolute Gasteiger partial charge is 0.123 e. The molecule has 84 valence electrons. The fourth-order valence-corrected chi connectivity index (χ4v) is 0.990. The number of hydrogen-bond donors (Lipinski definition) is 1. The number of hydrazone groups is 1. The lowest BCUT2D eigenvalue weighted by Crippen LogP contribution is -1.91. The van der Waals surface area contributed by atoms with Crippen LogP contribution in [0.25, 0.3) is 0 Å². The average Bonchev–Trinajstić information content (AvgIpc) is 2.31. The lowest BCUT2D eigenvalue weighted by atomic mass is 10.2. The van der Waals surface area contributed by atoms with Crippen molar-refractivity contribution >= 4 is 6.21 Å². The van der Waals surface area contributed by atoms with Crippen LogP contribution in [0.1, 0.15) is 19.4 Å². The van der Waals surface area contributed by atoms with Crippen molar-refractivity contribution in [1.29, 1.82) is 0 Å². The van der Waals surface area contributed by atoms with Crippen LogP contribution in [0.15, 0.2) is 23.3 Å². The summed E-state index contributed by atoms with van der Waals surface area (Å²) in [7, 11) is 3.19. The molecule has 0 aromatic heterocycles. The Morgan fingerprint density at radius 2 is 1.53 bits per heavy atom. The van der Waals surface area contributed by atoms with Crippen molar-refractivity contribution in [3.63, 3.8) is 0 Å². The molecule has 1 aromatic rings. The minimum Gasteiger partial charge on any atom is -0.497 e. The van der Waals surface area contributed by atoms with Crippen LogP contribution in [0.5, 0.6) is 11.5 Å². The Bertz CT molecular complexity index is 289. The zero-order valence-electron chi connectivity index (χ0n) is 9.65. The molecule has 1 aromatic carbocycles. The summed E-state index contributed by atoms with van der Waals surface area (Å²) in [4.78, 5) is 0. The van der Waals surface area contributed by atoms with Gasteiger partial charge >= 0.3 is 0 Å². The second-order valence-electron chi connectivity index (χ2n) is 2.42. The molecule has 0 spiro atoms. The van der Waals surface area contributed by atoms with Crippen molar-refractivity contribution in [1.82, 2.24) is 0 Å². The number of hydrogen-bond acceptors (Lipinski definition) is 4. The predicted molar refractivity (Wildman–Crippen MR) is 62.7 cm³/mol. The molecule has 0 aliphatic heterocycles. The number of benzene rings is 1. The first kappa shape index (κ1) is 13.3. The number of rotatable bonds is 3. The molecule has 0 heterocycles. The monoisotopic (exact) mass is 210 g/mol. The van der Waals surface area contributed by atoms with Crippen LogP contribution in [0.3, 0.4) is 0 Å². The van der Waals surface area contributed by atoms with Gasteiger partial charge in [-0.15, -0.1) is 0 Å². The molecule has 4 heteroatoms. The van der Waals surface area contributed by atoms with Crippen LogP contribution in [0, 0.1) is 0 Å². The summed E-state index contributed by atoms with van der Waals surface area (Å²) in [6.07, 6.45) is 1.53. The lowest BCUT2D eigenvalue weighted by Gasteiger charge is -2.04. The van der Waals surface area contributed by atoms with Crippen LogP contribution in [-0.4, -0.2) is 20.4 Å². The van der Waals surface area contributed by atoms with Gasteiger partial charge in [-0.3, -0.25) is 0 Å². The van der Waals surface area contributed by atoms with E-state index in [0.29, 0.717) is 11.5 Å². The maximum atomic E-state index is 5.06. The van der Waals surface area contributed by atoms with E-state index in [1.54, 1.807) is 20.3 Å². The first-order chi connectivity index (χ1) is 7.30. The molecule has 0 aliphatic rings. The number of nitrogens with two attached hydrogens (primary N) is 1. The molecule has 0 atom stereocenters. The third kappa shape index (κ3) is 4.35. The Kier molecular flexibility index (Phi) is 6.80. The molecule has 0 bridgehead atoms. The summed E-state index contributed by atoms with van der Waals surface area (Å²) in [6.45, 7) is 4.00. The number of nitrogens with zero attached hydrogens (tertiary/aromatic N) is 1. The summed E-state index contributed by atoms with van der Waals surface area (Å²) in [5, 5.41) is 3.42. The van der Waals surface area contributed by atoms with Gasteiger partial charge in [0.1, 0.15) is 11.5 Å². The van der Waals surface area contributed by atoms with Crippen molar-refractivity contribution in [3.8, 4) is 11.5 Å². The van der Waals surface area contributed by atoms with Crippen LogP contribution in [0.4, 0.5) is 0 Å². The van der Waals surface area contributed by atoms with Crippen LogP contribution >= 0.6 is 0 Å². The van der Waals surface area contributed by atoms with Crippen LogP contribution in [0.2, 0.25) is 0 Å². The van der Waals surface area contributed by atoms with E-state index in [-0.39, 0.29) is 0 Å². The Morgan fingerprint density at radius 3 is 1.87 bits per heavy atom. The zero-order chi connectivity index (χ0) is 11.7. The van der Waals surface area contributed by atoms with E-state index in [0.717, 1.165) is 5.56 Å². The van der Waals surface area contributed by atoms with E-state index < -0.39 is 0 Å². The van der Waals surface area contributed by atoms with Gasteiger partial charge in [-0.1, -0.05) is 13.8 Å². The summed E-state index contributed by atoms with van der Waals surface area (Å²) >= 11 is 0. The number of ether oxygens (including phenoxy) is 2. The normalized spacial score (nSPS) is 9.33. The van der Waals surface area contributed by atoms with E-state index in [1.807, 2.05) is 26.0 Å². The minimum atomic E-state index is 0.717. The Labute approximate surface area is 90.7 Å². The zero-order valence-corrected chi connectivity index (χ0v) is 9.65. The third-order valence-corrected chi connectivity index (χ3v) is 1.60. The first-order valence-corrected chi connectivity index (χ1v) is 4.76. The summed E-state index contributed by atoms with van der Waals surface area (Å²) in [6, 6.07) is 5.42. The van der Waals surface area contributed by atoms with Gasteiger partial charge in [-0.25, -0.2) is 0 Å². The molecule has 0 unspecified atom stereocenters. The van der Waals surface area contributed by atoms with Crippen LogP contribution < -0.4 is 15.3 Å². The molecule has 0 saturated heterocycles. The average molecular weight is 210 g/mol. The van der Waals surface area contributed by atoms with E-state index in [4.69, 9.17) is 15.3 Å². The highest BCUT2D eigenvalue weighted by Gasteiger charge is 1.98. The van der Waals surface area contributed by atoms with Crippen molar-refractivity contribution in [2.75, 3.05) is 14.2 Å². The van der Waals surface area contributed by atoms with Crippen molar-refractivity contribution in [2.24, 2.45) is 10.9 Å². The standard InChI is InChI=1S/C9H12N2O2.C2H6/c1-12-8-3-7(6-11-10)4-9(5-8)13-2;1-2/h3-6H,10H2,1-2H3;1-2H3/b11-6+;. The highest BCUT2D eigenvalue weighted by molar-refractivity contribution is 5.80. The van der Waals surface area contributed by atoms with E-state index in [1.165, 1.54) is 6.21 Å². The van der Waals surface area contributed by atoms with Gasteiger partial charge in [0, 0.05) is 11.6 Å². The Hall–Kier alpha value is -1.71. The maximum absolute atomic E-state index is 5.06. The summed E-state index contributed by atoms with van der Waals surface area (Å²) in [5.41, 5.74) is 0.846. The van der Waals surface area contributed by atoms with Crippen molar-refractivity contribution < 1.29 is 9.47 Å². The molecule has 2 N–H and O–H groups in total. The molecule has 0 radical (unpaired) electrons. The molecule has 4 nitrogen and oxygen atoms in total. The van der Waals surface area contributed by atoms with Gasteiger partial charge in [0.2, 0.25) is 0 Å². The maximum Gasteiger partial charge on any atom is 0.123 e. The second kappa shape index (κ2) is 7.67. The largest absolute Gasteiger partial charge is 0.497 e. The fraction of sp³-hybridized carbons (Fsp3) is 0.364. The highest BCUT2D eigenvalue weighted by atomic mass is 16.5. The van der Waals surface area contributed by atoms with Crippen molar-refractivity contribution in [3.05, 3.63) is 23.8 Å². The second-order valence-corrected chi connectivity index (χ2v) is 2.42. The number of methoxy groups -OCH3 is 2. The van der Waals surface area contributed by atoms with Gasteiger partial charge < -0.3 is 15.3 Å². The van der Waals surface area contributed by atoms with Gasteiger partial charge in [0.25, 0.3) is 0 Å². The van der Waals surface area contributed by atoms with Gasteiger partial charge in [-0.05, 0) is 12.1 Å². The highest BCUT2D eigenvalue weighted by Crippen LogP contribution is 2.21.